The van der Waals surface area contributed by atoms with Gasteiger partial charge in [0.1, 0.15) is 11.5 Å². The molecule has 2 aromatic carbocycles. The fourth-order valence-corrected chi connectivity index (χ4v) is 2.94. The predicted molar refractivity (Wildman–Crippen MR) is 113 cm³/mol. The zero-order valence-corrected chi connectivity index (χ0v) is 17.1. The van der Waals surface area contributed by atoms with E-state index in [2.05, 4.69) is 20.6 Å². The van der Waals surface area contributed by atoms with Crippen molar-refractivity contribution in [3.8, 4) is 11.5 Å². The van der Waals surface area contributed by atoms with Gasteiger partial charge < -0.3 is 20.1 Å². The first-order chi connectivity index (χ1) is 14.0. The summed E-state index contributed by atoms with van der Waals surface area (Å²) in [7, 11) is 3.01. The van der Waals surface area contributed by atoms with Crippen molar-refractivity contribution < 1.29 is 14.3 Å². The van der Waals surface area contributed by atoms with Crippen molar-refractivity contribution in [3.05, 3.63) is 70.5 Å². The van der Waals surface area contributed by atoms with E-state index >= 15 is 0 Å². The highest BCUT2D eigenvalue weighted by Gasteiger charge is 2.16. The highest BCUT2D eigenvalue weighted by molar-refractivity contribution is 6.32. The highest BCUT2D eigenvalue weighted by atomic mass is 35.5. The Morgan fingerprint density at radius 2 is 1.83 bits per heavy atom. The van der Waals surface area contributed by atoms with Crippen LogP contribution in [0.3, 0.4) is 0 Å². The summed E-state index contributed by atoms with van der Waals surface area (Å²) in [6, 6.07) is 13.1. The molecule has 0 saturated carbocycles. The maximum atomic E-state index is 12.7. The van der Waals surface area contributed by atoms with Gasteiger partial charge in [0, 0.05) is 18.8 Å². The number of methoxy groups -OCH3 is 2. The molecule has 0 bridgehead atoms. The third-order valence-electron chi connectivity index (χ3n) is 4.24. The number of aromatic nitrogens is 2. The van der Waals surface area contributed by atoms with Crippen molar-refractivity contribution in [1.29, 1.82) is 0 Å². The molecule has 8 heteroatoms. The standard InChI is InChI=1S/C21H21ClN4O3/c1-13-15(12-24-21(25-13)23-11-14-7-5-4-6-8-14)20(27)26-17-9-16(22)18(28-2)10-19(17)29-3/h4-10,12H,11H2,1-3H3,(H,26,27)(H,23,24,25). The maximum Gasteiger partial charge on any atom is 0.259 e. The summed E-state index contributed by atoms with van der Waals surface area (Å²) in [6.45, 7) is 2.34. The number of hydrogen-bond acceptors (Lipinski definition) is 6. The number of carbonyl (C=O) groups excluding carboxylic acids is 1. The molecule has 0 radical (unpaired) electrons. The van der Waals surface area contributed by atoms with Crippen molar-refractivity contribution in [2.24, 2.45) is 0 Å². The van der Waals surface area contributed by atoms with E-state index < -0.39 is 0 Å². The number of amides is 1. The minimum atomic E-state index is -0.364. The molecule has 0 unspecified atom stereocenters. The maximum absolute atomic E-state index is 12.7. The van der Waals surface area contributed by atoms with Crippen LogP contribution in [0, 0.1) is 6.92 Å². The van der Waals surface area contributed by atoms with Gasteiger partial charge in [0.05, 0.1) is 36.2 Å². The van der Waals surface area contributed by atoms with Crippen LogP contribution in [-0.2, 0) is 6.54 Å². The molecule has 0 aliphatic carbocycles. The molecule has 1 aromatic heterocycles. The average Bonchev–Trinajstić information content (AvgIpc) is 2.73. The molecular weight excluding hydrogens is 392 g/mol. The fraction of sp³-hybridized carbons (Fsp3) is 0.190. The number of anilines is 2. The molecule has 3 rings (SSSR count). The molecule has 1 amide bonds. The largest absolute Gasteiger partial charge is 0.495 e. The van der Waals surface area contributed by atoms with Crippen molar-refractivity contribution in [2.75, 3.05) is 24.9 Å². The van der Waals surface area contributed by atoms with E-state index in [0.717, 1.165) is 5.56 Å². The van der Waals surface area contributed by atoms with Crippen LogP contribution in [0.2, 0.25) is 5.02 Å². The number of halogens is 1. The topological polar surface area (TPSA) is 85.4 Å². The van der Waals surface area contributed by atoms with Gasteiger partial charge in [0.2, 0.25) is 5.95 Å². The first-order valence-corrected chi connectivity index (χ1v) is 9.24. The lowest BCUT2D eigenvalue weighted by Gasteiger charge is -2.14. The number of ether oxygens (including phenoxy) is 2. The van der Waals surface area contributed by atoms with Crippen LogP contribution < -0.4 is 20.1 Å². The Morgan fingerprint density at radius 1 is 1.10 bits per heavy atom. The van der Waals surface area contributed by atoms with Crippen molar-refractivity contribution >= 4 is 29.1 Å². The van der Waals surface area contributed by atoms with E-state index in [-0.39, 0.29) is 5.91 Å². The van der Waals surface area contributed by atoms with Gasteiger partial charge in [-0.1, -0.05) is 41.9 Å². The zero-order valence-electron chi connectivity index (χ0n) is 16.3. The second kappa shape index (κ2) is 9.25. The van der Waals surface area contributed by atoms with Crippen LogP contribution in [0.4, 0.5) is 11.6 Å². The van der Waals surface area contributed by atoms with Crippen LogP contribution in [0.5, 0.6) is 11.5 Å². The van der Waals surface area contributed by atoms with Crippen LogP contribution in [-0.4, -0.2) is 30.1 Å². The predicted octanol–water partition coefficient (Wildman–Crippen LogP) is 4.32. The van der Waals surface area contributed by atoms with Gasteiger partial charge in [0.15, 0.2) is 0 Å². The van der Waals surface area contributed by atoms with Gasteiger partial charge in [-0.05, 0) is 18.6 Å². The Balaban J connectivity index is 1.74. The van der Waals surface area contributed by atoms with Gasteiger partial charge in [-0.25, -0.2) is 9.97 Å². The molecule has 7 nitrogen and oxygen atoms in total. The molecule has 1 heterocycles. The van der Waals surface area contributed by atoms with Crippen LogP contribution in [0.15, 0.2) is 48.7 Å². The molecule has 0 aliphatic heterocycles. The second-order valence-corrected chi connectivity index (χ2v) is 6.58. The molecule has 0 saturated heterocycles. The van der Waals surface area contributed by atoms with Crippen molar-refractivity contribution in [2.45, 2.75) is 13.5 Å². The minimum absolute atomic E-state index is 0.351. The quantitative estimate of drug-likeness (QED) is 0.601. The Hall–Kier alpha value is -3.32. The van der Waals surface area contributed by atoms with Gasteiger partial charge in [-0.2, -0.15) is 0 Å². The summed E-state index contributed by atoms with van der Waals surface area (Å²) in [5.41, 5.74) is 2.43. The normalized spacial score (nSPS) is 10.3. The van der Waals surface area contributed by atoms with E-state index in [1.807, 2.05) is 30.3 Å². The molecule has 29 heavy (non-hydrogen) atoms. The third-order valence-corrected chi connectivity index (χ3v) is 4.53. The smallest absolute Gasteiger partial charge is 0.259 e. The van der Waals surface area contributed by atoms with Crippen molar-refractivity contribution in [1.82, 2.24) is 9.97 Å². The van der Waals surface area contributed by atoms with E-state index in [1.54, 1.807) is 19.1 Å². The molecule has 0 fully saturated rings. The summed E-state index contributed by atoms with van der Waals surface area (Å²) >= 11 is 6.16. The number of nitrogens with zero attached hydrogens (tertiary/aromatic N) is 2. The minimum Gasteiger partial charge on any atom is -0.495 e. The lowest BCUT2D eigenvalue weighted by molar-refractivity contribution is 0.102. The van der Waals surface area contributed by atoms with Crippen LogP contribution in [0.25, 0.3) is 0 Å². The third kappa shape index (κ3) is 4.94. The van der Waals surface area contributed by atoms with E-state index in [4.69, 9.17) is 21.1 Å². The Morgan fingerprint density at radius 3 is 2.48 bits per heavy atom. The Labute approximate surface area is 174 Å². The van der Waals surface area contributed by atoms with Gasteiger partial charge >= 0.3 is 0 Å². The Kier molecular flexibility index (Phi) is 6.51. The number of rotatable bonds is 7. The number of hydrogen-bond donors (Lipinski definition) is 2. The zero-order chi connectivity index (χ0) is 20.8. The molecule has 3 aromatic rings. The van der Waals surface area contributed by atoms with Gasteiger partial charge in [0.25, 0.3) is 5.91 Å². The molecule has 0 aliphatic rings. The first-order valence-electron chi connectivity index (χ1n) is 8.86. The number of carbonyl (C=O) groups is 1. The average molecular weight is 413 g/mol. The second-order valence-electron chi connectivity index (χ2n) is 6.17. The summed E-state index contributed by atoms with van der Waals surface area (Å²) in [4.78, 5) is 21.3. The number of aryl methyl sites for hydroxylation is 1. The first kappa shape index (κ1) is 20.4. The summed E-state index contributed by atoms with van der Waals surface area (Å²) in [6.07, 6.45) is 1.49. The number of nitrogens with one attached hydrogen (secondary N) is 2. The molecule has 0 atom stereocenters. The summed E-state index contributed by atoms with van der Waals surface area (Å²) < 4.78 is 10.5. The SMILES string of the molecule is COc1cc(OC)c(NC(=O)c2cnc(NCc3ccccc3)nc2C)cc1Cl. The highest BCUT2D eigenvalue weighted by Crippen LogP contribution is 2.36. The van der Waals surface area contributed by atoms with Gasteiger partial charge in [-0.15, -0.1) is 0 Å². The summed E-state index contributed by atoms with van der Waals surface area (Å²) in [5.74, 6) is 0.971. The summed E-state index contributed by atoms with van der Waals surface area (Å²) in [5, 5.41) is 6.29. The van der Waals surface area contributed by atoms with Crippen LogP contribution >= 0.6 is 11.6 Å². The lowest BCUT2D eigenvalue weighted by Crippen LogP contribution is -2.16. The van der Waals surface area contributed by atoms with Crippen molar-refractivity contribution in [3.63, 3.8) is 0 Å². The molecular formula is C21H21ClN4O3. The molecule has 0 spiro atoms. The van der Waals surface area contributed by atoms with E-state index in [0.29, 0.717) is 46.0 Å². The van der Waals surface area contributed by atoms with Crippen LogP contribution in [0.1, 0.15) is 21.6 Å². The monoisotopic (exact) mass is 412 g/mol. The van der Waals surface area contributed by atoms with E-state index in [9.17, 15) is 4.79 Å². The molecule has 150 valence electrons. The fourth-order valence-electron chi connectivity index (χ4n) is 2.70. The number of benzene rings is 2. The van der Waals surface area contributed by atoms with Gasteiger partial charge in [-0.3, -0.25) is 4.79 Å². The molecule has 2 N–H and O–H groups in total. The lowest BCUT2D eigenvalue weighted by atomic mass is 10.2. The Bertz CT molecular complexity index is 1010. The van der Waals surface area contributed by atoms with E-state index in [1.165, 1.54) is 20.4 Å².